The molecule has 1 aliphatic heterocycles. The van der Waals surface area contributed by atoms with Crippen LogP contribution in [0.2, 0.25) is 0 Å². The summed E-state index contributed by atoms with van der Waals surface area (Å²) in [5.74, 6) is -1.96. The lowest BCUT2D eigenvalue weighted by Crippen LogP contribution is -2.37. The minimum atomic E-state index is -0.985. The molecule has 0 unspecified atom stereocenters. The third-order valence-corrected chi connectivity index (χ3v) is 6.94. The molecular formula is C28H22F2N4O2. The molecule has 0 saturated carbocycles. The van der Waals surface area contributed by atoms with Crippen molar-refractivity contribution in [3.8, 4) is 16.9 Å². The number of benzene rings is 3. The van der Waals surface area contributed by atoms with Gasteiger partial charge in [-0.3, -0.25) is 13.9 Å². The SMILES string of the molecule is Cc1ccc(-c2c3c(=O)n(C)c(=O)n(C)c3c3n2-c2ccccc2N[C@H]3c2cccc(F)c2F)cc1. The van der Waals surface area contributed by atoms with E-state index in [2.05, 4.69) is 5.32 Å². The Hall–Kier alpha value is -4.46. The van der Waals surface area contributed by atoms with Gasteiger partial charge in [0.15, 0.2) is 11.6 Å². The first-order valence-electron chi connectivity index (χ1n) is 11.5. The molecule has 5 aromatic rings. The van der Waals surface area contributed by atoms with Gasteiger partial charge >= 0.3 is 5.69 Å². The lowest BCUT2D eigenvalue weighted by Gasteiger charge is -2.31. The summed E-state index contributed by atoms with van der Waals surface area (Å²) >= 11 is 0. The first-order chi connectivity index (χ1) is 17.3. The molecule has 0 amide bonds. The summed E-state index contributed by atoms with van der Waals surface area (Å²) in [5, 5.41) is 3.66. The van der Waals surface area contributed by atoms with Crippen molar-refractivity contribution in [1.82, 2.24) is 13.7 Å². The summed E-state index contributed by atoms with van der Waals surface area (Å²) in [6, 6.07) is 18.4. The Morgan fingerprint density at radius 1 is 0.861 bits per heavy atom. The van der Waals surface area contributed by atoms with Crippen molar-refractivity contribution in [2.45, 2.75) is 13.0 Å². The van der Waals surface area contributed by atoms with Gasteiger partial charge in [0.2, 0.25) is 0 Å². The Morgan fingerprint density at radius 2 is 1.58 bits per heavy atom. The second kappa shape index (κ2) is 7.78. The van der Waals surface area contributed by atoms with Crippen LogP contribution in [0, 0.1) is 18.6 Å². The number of nitrogens with one attached hydrogen (secondary N) is 1. The summed E-state index contributed by atoms with van der Waals surface area (Å²) in [6.45, 7) is 1.97. The first-order valence-corrected chi connectivity index (χ1v) is 11.5. The molecule has 0 fully saturated rings. The largest absolute Gasteiger partial charge is 0.371 e. The number of fused-ring (bicyclic) bond motifs is 5. The normalized spacial score (nSPS) is 14.4. The molecule has 1 N–H and O–H groups in total. The Morgan fingerprint density at radius 3 is 2.33 bits per heavy atom. The van der Waals surface area contributed by atoms with Gasteiger partial charge in [-0.25, -0.2) is 13.6 Å². The zero-order valence-corrected chi connectivity index (χ0v) is 19.8. The van der Waals surface area contributed by atoms with Crippen molar-refractivity contribution in [2.24, 2.45) is 14.1 Å². The minimum Gasteiger partial charge on any atom is -0.371 e. The van der Waals surface area contributed by atoms with Crippen LogP contribution in [-0.4, -0.2) is 13.7 Å². The van der Waals surface area contributed by atoms with E-state index in [9.17, 15) is 14.0 Å². The molecule has 0 saturated heterocycles. The Labute approximate surface area is 204 Å². The van der Waals surface area contributed by atoms with Crippen molar-refractivity contribution in [3.05, 3.63) is 116 Å². The van der Waals surface area contributed by atoms with E-state index in [1.165, 1.54) is 23.7 Å². The molecule has 0 bridgehead atoms. The van der Waals surface area contributed by atoms with Crippen LogP contribution in [-0.2, 0) is 14.1 Å². The van der Waals surface area contributed by atoms with Gasteiger partial charge in [0.05, 0.1) is 39.7 Å². The Balaban J connectivity index is 1.87. The van der Waals surface area contributed by atoms with Gasteiger partial charge < -0.3 is 9.88 Å². The number of aryl methyl sites for hydroxylation is 2. The van der Waals surface area contributed by atoms with Gasteiger partial charge in [0, 0.05) is 19.7 Å². The zero-order chi connectivity index (χ0) is 25.3. The average molecular weight is 485 g/mol. The van der Waals surface area contributed by atoms with E-state index in [1.54, 1.807) is 7.05 Å². The minimum absolute atomic E-state index is 0.0775. The maximum atomic E-state index is 15.2. The fourth-order valence-corrected chi connectivity index (χ4v) is 5.18. The number of nitrogens with zero attached hydrogens (tertiary/aromatic N) is 3. The van der Waals surface area contributed by atoms with Crippen molar-refractivity contribution >= 4 is 16.6 Å². The van der Waals surface area contributed by atoms with E-state index in [-0.39, 0.29) is 5.56 Å². The van der Waals surface area contributed by atoms with Crippen LogP contribution in [0.5, 0.6) is 0 Å². The number of hydrogen-bond donors (Lipinski definition) is 1. The Kier molecular flexibility index (Phi) is 4.76. The first kappa shape index (κ1) is 22.0. The molecule has 36 heavy (non-hydrogen) atoms. The summed E-state index contributed by atoms with van der Waals surface area (Å²) in [4.78, 5) is 26.7. The monoisotopic (exact) mass is 484 g/mol. The average Bonchev–Trinajstić information content (AvgIpc) is 3.24. The third kappa shape index (κ3) is 2.94. The highest BCUT2D eigenvalue weighted by Gasteiger charge is 2.36. The van der Waals surface area contributed by atoms with E-state index in [1.807, 2.05) is 60.0 Å². The topological polar surface area (TPSA) is 61.0 Å². The molecule has 1 atom stereocenters. The highest BCUT2D eigenvalue weighted by Crippen LogP contribution is 2.45. The van der Waals surface area contributed by atoms with Gasteiger partial charge in [-0.05, 0) is 30.7 Å². The smallest absolute Gasteiger partial charge is 0.331 e. The maximum Gasteiger partial charge on any atom is 0.331 e. The number of anilines is 1. The van der Waals surface area contributed by atoms with Gasteiger partial charge in [0.1, 0.15) is 0 Å². The molecular weight excluding hydrogens is 462 g/mol. The van der Waals surface area contributed by atoms with Gasteiger partial charge in [-0.15, -0.1) is 0 Å². The second-order valence-electron chi connectivity index (χ2n) is 9.10. The quantitative estimate of drug-likeness (QED) is 0.392. The molecule has 2 aromatic heterocycles. The van der Waals surface area contributed by atoms with Crippen LogP contribution in [0.4, 0.5) is 14.5 Å². The van der Waals surface area contributed by atoms with Crippen LogP contribution < -0.4 is 16.6 Å². The predicted octanol–water partition coefficient (Wildman–Crippen LogP) is 4.80. The number of hydrogen-bond acceptors (Lipinski definition) is 3. The van der Waals surface area contributed by atoms with Gasteiger partial charge in [0.25, 0.3) is 5.56 Å². The summed E-state index contributed by atoms with van der Waals surface area (Å²) in [7, 11) is 3.03. The summed E-state index contributed by atoms with van der Waals surface area (Å²) in [6.07, 6.45) is 0. The molecule has 0 spiro atoms. The van der Waals surface area contributed by atoms with Crippen LogP contribution in [0.15, 0.2) is 76.3 Å². The number of halogens is 2. The van der Waals surface area contributed by atoms with Crippen molar-refractivity contribution in [3.63, 3.8) is 0 Å². The van der Waals surface area contributed by atoms with E-state index in [4.69, 9.17) is 0 Å². The number of para-hydroxylation sites is 2. The third-order valence-electron chi connectivity index (χ3n) is 6.94. The molecule has 8 heteroatoms. The highest BCUT2D eigenvalue weighted by molar-refractivity contribution is 5.99. The van der Waals surface area contributed by atoms with E-state index < -0.39 is 28.9 Å². The lowest BCUT2D eigenvalue weighted by atomic mass is 9.98. The molecule has 6 rings (SSSR count). The lowest BCUT2D eigenvalue weighted by molar-refractivity contribution is 0.495. The fourth-order valence-electron chi connectivity index (χ4n) is 5.18. The summed E-state index contributed by atoms with van der Waals surface area (Å²) in [5.41, 5.74) is 3.81. The molecule has 180 valence electrons. The molecule has 3 aromatic carbocycles. The van der Waals surface area contributed by atoms with Crippen LogP contribution >= 0.6 is 0 Å². The molecule has 1 aliphatic rings. The van der Waals surface area contributed by atoms with Crippen LogP contribution in [0.1, 0.15) is 22.9 Å². The number of rotatable bonds is 2. The Bertz CT molecular complexity index is 1810. The molecule has 6 nitrogen and oxygen atoms in total. The molecule has 3 heterocycles. The van der Waals surface area contributed by atoms with Crippen molar-refractivity contribution < 1.29 is 8.78 Å². The predicted molar refractivity (Wildman–Crippen MR) is 136 cm³/mol. The highest BCUT2D eigenvalue weighted by atomic mass is 19.2. The zero-order valence-electron chi connectivity index (χ0n) is 19.8. The summed E-state index contributed by atoms with van der Waals surface area (Å²) < 4.78 is 33.9. The van der Waals surface area contributed by atoms with Gasteiger partial charge in [-0.2, -0.15) is 0 Å². The second-order valence-corrected chi connectivity index (χ2v) is 9.10. The van der Waals surface area contributed by atoms with Crippen molar-refractivity contribution in [1.29, 1.82) is 0 Å². The van der Waals surface area contributed by atoms with Crippen molar-refractivity contribution in [2.75, 3.05) is 5.32 Å². The maximum absolute atomic E-state index is 15.2. The fraction of sp³-hybridized carbons (Fsp3) is 0.143. The standard InChI is InChI=1S/C28H22F2N4O2/c1-15-11-13-16(14-12-15)24-21-25(32(2)28(36)33(3)27(21)35)26-23(17-7-6-8-18(29)22(17)30)31-19-9-4-5-10-20(19)34(24)26/h4-14,23,31H,1-3H3/t23-/m0/s1. The van der Waals surface area contributed by atoms with E-state index in [0.717, 1.165) is 27.4 Å². The van der Waals surface area contributed by atoms with Crippen LogP contribution in [0.3, 0.4) is 0 Å². The molecule has 0 aliphatic carbocycles. The van der Waals surface area contributed by atoms with E-state index in [0.29, 0.717) is 28.0 Å². The molecule has 0 radical (unpaired) electrons. The number of aromatic nitrogens is 3. The van der Waals surface area contributed by atoms with Crippen LogP contribution in [0.25, 0.3) is 27.8 Å². The van der Waals surface area contributed by atoms with E-state index >= 15 is 4.39 Å². The van der Waals surface area contributed by atoms with Gasteiger partial charge in [-0.1, -0.05) is 54.1 Å².